The number of likely N-dealkylation sites (N-methyl/N-ethyl adjacent to an activating group) is 1. The number of carbonyl (C=O) groups excluding carboxylic acids is 1. The van der Waals surface area contributed by atoms with E-state index in [4.69, 9.17) is 0 Å². The fraction of sp³-hybridized carbons (Fsp3) is 0.588. The van der Waals surface area contributed by atoms with Crippen molar-refractivity contribution in [2.45, 2.75) is 27.2 Å². The van der Waals surface area contributed by atoms with Crippen LogP contribution >= 0.6 is 0 Å². The lowest BCUT2D eigenvalue weighted by Gasteiger charge is -2.33. The average molecular weight is 289 g/mol. The smallest absolute Gasteiger partial charge is 0.225 e. The fourth-order valence-electron chi connectivity index (χ4n) is 2.63. The molecular formula is C17H27N3O. The van der Waals surface area contributed by atoms with Crippen LogP contribution in [-0.4, -0.2) is 55.0 Å². The van der Waals surface area contributed by atoms with E-state index in [-0.39, 0.29) is 5.91 Å². The minimum atomic E-state index is 0.108. The lowest BCUT2D eigenvalue weighted by molar-refractivity contribution is -0.116. The molecule has 116 valence electrons. The number of nitrogens with zero attached hydrogens (tertiary/aromatic N) is 2. The maximum Gasteiger partial charge on any atom is 0.225 e. The van der Waals surface area contributed by atoms with Crippen LogP contribution in [0, 0.1) is 13.8 Å². The standard InChI is InChI=1S/C17H27N3O/c1-4-19-9-11-20(12-10-19)8-7-17(21)18-16-6-5-14(2)15(3)13-16/h5-6,13H,4,7-12H2,1-3H3,(H,18,21). The first kappa shape index (κ1) is 16.0. The molecule has 0 bridgehead atoms. The average Bonchev–Trinajstić information content (AvgIpc) is 2.49. The molecule has 0 spiro atoms. The van der Waals surface area contributed by atoms with Gasteiger partial charge in [-0.1, -0.05) is 13.0 Å². The lowest BCUT2D eigenvalue weighted by atomic mass is 10.1. The lowest BCUT2D eigenvalue weighted by Crippen LogP contribution is -2.46. The predicted octanol–water partition coefficient (Wildman–Crippen LogP) is 2.27. The van der Waals surface area contributed by atoms with Crippen LogP contribution in [0.5, 0.6) is 0 Å². The number of amides is 1. The molecule has 0 unspecified atom stereocenters. The van der Waals surface area contributed by atoms with Gasteiger partial charge in [-0.2, -0.15) is 0 Å². The van der Waals surface area contributed by atoms with Gasteiger partial charge in [0.1, 0.15) is 0 Å². The van der Waals surface area contributed by atoms with Crippen LogP contribution in [0.3, 0.4) is 0 Å². The second-order valence-corrected chi connectivity index (χ2v) is 5.87. The molecule has 1 aliphatic heterocycles. The quantitative estimate of drug-likeness (QED) is 0.903. The molecule has 1 saturated heterocycles. The number of benzene rings is 1. The summed E-state index contributed by atoms with van der Waals surface area (Å²) >= 11 is 0. The highest BCUT2D eigenvalue weighted by Gasteiger charge is 2.16. The van der Waals surface area contributed by atoms with Crippen molar-refractivity contribution >= 4 is 11.6 Å². The molecule has 1 amide bonds. The Bertz CT molecular complexity index is 479. The van der Waals surface area contributed by atoms with E-state index in [1.807, 2.05) is 12.1 Å². The fourth-order valence-corrected chi connectivity index (χ4v) is 2.63. The third-order valence-corrected chi connectivity index (χ3v) is 4.36. The van der Waals surface area contributed by atoms with Gasteiger partial charge in [0.05, 0.1) is 0 Å². The zero-order chi connectivity index (χ0) is 15.2. The molecule has 4 nitrogen and oxygen atoms in total. The molecule has 1 N–H and O–H groups in total. The molecule has 0 atom stereocenters. The molecular weight excluding hydrogens is 262 g/mol. The third kappa shape index (κ3) is 4.83. The van der Waals surface area contributed by atoms with Gasteiger partial charge in [-0.05, 0) is 43.7 Å². The second kappa shape index (κ2) is 7.57. The Hall–Kier alpha value is -1.39. The summed E-state index contributed by atoms with van der Waals surface area (Å²) in [7, 11) is 0. The monoisotopic (exact) mass is 289 g/mol. The Morgan fingerprint density at radius 3 is 2.38 bits per heavy atom. The molecule has 4 heteroatoms. The van der Waals surface area contributed by atoms with Gasteiger partial charge in [0.15, 0.2) is 0 Å². The minimum Gasteiger partial charge on any atom is -0.326 e. The first-order chi connectivity index (χ1) is 10.1. The number of piperazine rings is 1. The van der Waals surface area contributed by atoms with E-state index in [1.54, 1.807) is 0 Å². The largest absolute Gasteiger partial charge is 0.326 e. The predicted molar refractivity (Wildman–Crippen MR) is 87.7 cm³/mol. The van der Waals surface area contributed by atoms with Crippen LogP contribution in [0.2, 0.25) is 0 Å². The van der Waals surface area contributed by atoms with Crippen LogP contribution in [0.25, 0.3) is 0 Å². The van der Waals surface area contributed by atoms with Crippen LogP contribution in [0.15, 0.2) is 18.2 Å². The van der Waals surface area contributed by atoms with E-state index < -0.39 is 0 Å². The molecule has 1 aromatic carbocycles. The highest BCUT2D eigenvalue weighted by atomic mass is 16.1. The zero-order valence-electron chi connectivity index (χ0n) is 13.5. The van der Waals surface area contributed by atoms with Crippen molar-refractivity contribution in [1.82, 2.24) is 9.80 Å². The van der Waals surface area contributed by atoms with Gasteiger partial charge < -0.3 is 15.1 Å². The molecule has 0 aromatic heterocycles. The molecule has 0 saturated carbocycles. The number of hydrogen-bond acceptors (Lipinski definition) is 3. The molecule has 21 heavy (non-hydrogen) atoms. The normalized spacial score (nSPS) is 16.9. The topological polar surface area (TPSA) is 35.6 Å². The van der Waals surface area contributed by atoms with Gasteiger partial charge in [0.2, 0.25) is 5.91 Å². The van der Waals surface area contributed by atoms with Crippen LogP contribution in [0.4, 0.5) is 5.69 Å². The summed E-state index contributed by atoms with van der Waals surface area (Å²) < 4.78 is 0. The van der Waals surface area contributed by atoms with Crippen molar-refractivity contribution in [3.05, 3.63) is 29.3 Å². The van der Waals surface area contributed by atoms with E-state index in [0.29, 0.717) is 6.42 Å². The first-order valence-corrected chi connectivity index (χ1v) is 7.90. The third-order valence-electron chi connectivity index (χ3n) is 4.36. The van der Waals surface area contributed by atoms with E-state index in [1.165, 1.54) is 11.1 Å². The Morgan fingerprint density at radius 1 is 1.10 bits per heavy atom. The molecule has 1 aliphatic rings. The van der Waals surface area contributed by atoms with Crippen LogP contribution in [-0.2, 0) is 4.79 Å². The summed E-state index contributed by atoms with van der Waals surface area (Å²) in [4.78, 5) is 16.9. The van der Waals surface area contributed by atoms with E-state index in [0.717, 1.165) is 45.0 Å². The number of anilines is 1. The summed E-state index contributed by atoms with van der Waals surface area (Å²) in [5.41, 5.74) is 3.36. The highest BCUT2D eigenvalue weighted by Crippen LogP contribution is 2.14. The Morgan fingerprint density at radius 2 is 1.76 bits per heavy atom. The van der Waals surface area contributed by atoms with Crippen molar-refractivity contribution in [3.63, 3.8) is 0 Å². The Kier molecular flexibility index (Phi) is 5.76. The Balaban J connectivity index is 1.73. The maximum atomic E-state index is 12.0. The second-order valence-electron chi connectivity index (χ2n) is 5.87. The summed E-state index contributed by atoms with van der Waals surface area (Å²) in [5.74, 6) is 0.108. The number of carbonyl (C=O) groups is 1. The molecule has 2 rings (SSSR count). The van der Waals surface area contributed by atoms with Crippen molar-refractivity contribution < 1.29 is 4.79 Å². The SMILES string of the molecule is CCN1CCN(CCC(=O)Nc2ccc(C)c(C)c2)CC1. The van der Waals surface area contributed by atoms with Crippen molar-refractivity contribution in [1.29, 1.82) is 0 Å². The molecule has 1 fully saturated rings. The summed E-state index contributed by atoms with van der Waals surface area (Å²) in [5, 5.41) is 2.99. The first-order valence-electron chi connectivity index (χ1n) is 7.90. The summed E-state index contributed by atoms with van der Waals surface area (Å²) in [6, 6.07) is 6.06. The van der Waals surface area contributed by atoms with Crippen molar-refractivity contribution in [2.75, 3.05) is 44.6 Å². The molecule has 0 radical (unpaired) electrons. The van der Waals surface area contributed by atoms with E-state index in [2.05, 4.69) is 42.0 Å². The maximum absolute atomic E-state index is 12.0. The van der Waals surface area contributed by atoms with Gasteiger partial charge >= 0.3 is 0 Å². The molecule has 1 aromatic rings. The minimum absolute atomic E-state index is 0.108. The number of hydrogen-bond donors (Lipinski definition) is 1. The van der Waals surface area contributed by atoms with Gasteiger partial charge in [0, 0.05) is 44.8 Å². The van der Waals surface area contributed by atoms with E-state index in [9.17, 15) is 4.79 Å². The van der Waals surface area contributed by atoms with Crippen LogP contribution < -0.4 is 5.32 Å². The highest BCUT2D eigenvalue weighted by molar-refractivity contribution is 5.90. The Labute approximate surface area is 128 Å². The van der Waals surface area contributed by atoms with Gasteiger partial charge in [-0.15, -0.1) is 0 Å². The van der Waals surface area contributed by atoms with E-state index >= 15 is 0 Å². The number of aryl methyl sites for hydroxylation is 2. The van der Waals surface area contributed by atoms with Gasteiger partial charge in [-0.25, -0.2) is 0 Å². The van der Waals surface area contributed by atoms with Crippen molar-refractivity contribution in [3.8, 4) is 0 Å². The van der Waals surface area contributed by atoms with Crippen LogP contribution in [0.1, 0.15) is 24.5 Å². The van der Waals surface area contributed by atoms with Gasteiger partial charge in [-0.3, -0.25) is 4.79 Å². The molecule has 0 aliphatic carbocycles. The van der Waals surface area contributed by atoms with Gasteiger partial charge in [0.25, 0.3) is 0 Å². The number of rotatable bonds is 5. The number of nitrogens with one attached hydrogen (secondary N) is 1. The van der Waals surface area contributed by atoms with Crippen molar-refractivity contribution in [2.24, 2.45) is 0 Å². The molecule has 1 heterocycles. The zero-order valence-corrected chi connectivity index (χ0v) is 13.5. The summed E-state index contributed by atoms with van der Waals surface area (Å²) in [6.45, 7) is 12.7. The summed E-state index contributed by atoms with van der Waals surface area (Å²) in [6.07, 6.45) is 0.569.